The number of carboxylic acids is 1. The molecule has 0 bridgehead atoms. The van der Waals surface area contributed by atoms with Crippen LogP contribution >= 0.6 is 27.5 Å². The van der Waals surface area contributed by atoms with Gasteiger partial charge in [0.25, 0.3) is 5.91 Å². The average Bonchev–Trinajstić information content (AvgIpc) is 2.97. The lowest BCUT2D eigenvalue weighted by Gasteiger charge is -2.13. The van der Waals surface area contributed by atoms with Gasteiger partial charge in [0.05, 0.1) is 41.8 Å². The smallest absolute Gasteiger partial charge is 0.337 e. The first-order valence-corrected chi connectivity index (χ1v) is 9.50. The number of hydrogen-bond acceptors (Lipinski definition) is 5. The molecule has 0 atom stereocenters. The highest BCUT2D eigenvalue weighted by molar-refractivity contribution is 9.10. The number of aromatic carboxylic acids is 1. The summed E-state index contributed by atoms with van der Waals surface area (Å²) in [5, 5.41) is 14.8. The van der Waals surface area contributed by atoms with Gasteiger partial charge in [0.1, 0.15) is 0 Å². The molecule has 0 radical (unpaired) electrons. The van der Waals surface area contributed by atoms with E-state index < -0.39 is 5.97 Å². The van der Waals surface area contributed by atoms with Crippen molar-refractivity contribution in [1.82, 2.24) is 0 Å². The minimum atomic E-state index is -1.19. The molecular formula is C20H16BrClN2O5. The second-order valence-corrected chi connectivity index (χ2v) is 7.32. The highest BCUT2D eigenvalue weighted by Gasteiger charge is 2.30. The Morgan fingerprint density at radius 1 is 1.21 bits per heavy atom. The monoisotopic (exact) mass is 478 g/mol. The summed E-state index contributed by atoms with van der Waals surface area (Å²) >= 11 is 9.38. The lowest BCUT2D eigenvalue weighted by Crippen LogP contribution is -2.21. The molecule has 2 aromatic carbocycles. The van der Waals surface area contributed by atoms with E-state index in [1.165, 1.54) is 26.4 Å². The van der Waals surface area contributed by atoms with Gasteiger partial charge in [-0.2, -0.15) is 10.1 Å². The van der Waals surface area contributed by atoms with Crippen LogP contribution < -0.4 is 14.5 Å². The number of amides is 1. The molecule has 1 amide bonds. The second kappa shape index (κ2) is 8.26. The molecule has 1 aliphatic rings. The van der Waals surface area contributed by atoms with E-state index in [1.807, 2.05) is 0 Å². The summed E-state index contributed by atoms with van der Waals surface area (Å²) < 4.78 is 11.3. The fourth-order valence-corrected chi connectivity index (χ4v) is 3.44. The zero-order valence-electron chi connectivity index (χ0n) is 15.7. The number of benzene rings is 2. The number of methoxy groups -OCH3 is 2. The van der Waals surface area contributed by atoms with Gasteiger partial charge in [-0.25, -0.2) is 4.79 Å². The SMILES string of the molecule is COc1cc(Br)c(C=C2C(=O)N(c3ccc(Cl)c(C(=O)O)c3)N=C2C)cc1OC. The highest BCUT2D eigenvalue weighted by atomic mass is 79.9. The number of anilines is 1. The van der Waals surface area contributed by atoms with Crippen molar-refractivity contribution >= 4 is 56.9 Å². The topological polar surface area (TPSA) is 88.4 Å². The molecule has 0 saturated heterocycles. The summed E-state index contributed by atoms with van der Waals surface area (Å²) in [6.07, 6.45) is 1.68. The van der Waals surface area contributed by atoms with E-state index in [0.29, 0.717) is 38.5 Å². The van der Waals surface area contributed by atoms with Crippen LogP contribution in [0.1, 0.15) is 22.8 Å². The van der Waals surface area contributed by atoms with Gasteiger partial charge >= 0.3 is 5.97 Å². The van der Waals surface area contributed by atoms with E-state index >= 15 is 0 Å². The third-order valence-corrected chi connectivity index (χ3v) is 5.31. The summed E-state index contributed by atoms with van der Waals surface area (Å²) in [6.45, 7) is 1.70. The number of halogens is 2. The van der Waals surface area contributed by atoms with Crippen molar-refractivity contribution in [3.8, 4) is 11.5 Å². The van der Waals surface area contributed by atoms with Crippen molar-refractivity contribution in [2.24, 2.45) is 5.10 Å². The van der Waals surface area contributed by atoms with Gasteiger partial charge in [0.2, 0.25) is 0 Å². The number of rotatable bonds is 5. The van der Waals surface area contributed by atoms with E-state index in [1.54, 1.807) is 31.2 Å². The van der Waals surface area contributed by atoms with Crippen LogP contribution in [0.15, 0.2) is 45.5 Å². The van der Waals surface area contributed by atoms with Gasteiger partial charge in [0.15, 0.2) is 11.5 Å². The lowest BCUT2D eigenvalue weighted by atomic mass is 10.1. The molecule has 1 heterocycles. The number of ether oxygens (including phenoxy) is 2. The standard InChI is InChI=1S/C20H16BrClN2O5/c1-10-13(6-11-7-17(28-2)18(29-3)9-15(11)21)19(25)24(23-10)12-4-5-16(22)14(8-12)20(26)27/h4-9H,1-3H3,(H,26,27). The third-order valence-electron chi connectivity index (χ3n) is 4.29. The molecule has 1 N–H and O–H groups in total. The number of hydrogen-bond donors (Lipinski definition) is 1. The Labute approximate surface area is 180 Å². The predicted molar refractivity (Wildman–Crippen MR) is 114 cm³/mol. The van der Waals surface area contributed by atoms with E-state index in [2.05, 4.69) is 21.0 Å². The Balaban J connectivity index is 2.01. The molecule has 1 aliphatic heterocycles. The molecule has 0 fully saturated rings. The molecule has 0 unspecified atom stereocenters. The number of carbonyl (C=O) groups is 2. The van der Waals surface area contributed by atoms with Crippen molar-refractivity contribution < 1.29 is 24.2 Å². The van der Waals surface area contributed by atoms with Crippen LogP contribution in [0, 0.1) is 0 Å². The summed E-state index contributed by atoms with van der Waals surface area (Å²) in [7, 11) is 3.06. The minimum Gasteiger partial charge on any atom is -0.493 e. The molecule has 2 aromatic rings. The Hall–Kier alpha value is -2.84. The summed E-state index contributed by atoms with van der Waals surface area (Å²) in [5.74, 6) is -0.506. The predicted octanol–water partition coefficient (Wildman–Crippen LogP) is 4.62. The van der Waals surface area contributed by atoms with Gasteiger partial charge in [-0.3, -0.25) is 4.79 Å². The van der Waals surface area contributed by atoms with Crippen LogP contribution in [0.3, 0.4) is 0 Å². The largest absolute Gasteiger partial charge is 0.493 e. The second-order valence-electron chi connectivity index (χ2n) is 6.06. The average molecular weight is 480 g/mol. The number of carboxylic acid groups (broad SMARTS) is 1. The minimum absolute atomic E-state index is 0.0821. The molecule has 3 rings (SSSR count). The van der Waals surface area contributed by atoms with Crippen LogP contribution in [0.2, 0.25) is 5.02 Å². The maximum Gasteiger partial charge on any atom is 0.337 e. The molecule has 0 spiro atoms. The first kappa shape index (κ1) is 20.9. The Morgan fingerprint density at radius 2 is 1.86 bits per heavy atom. The van der Waals surface area contributed by atoms with E-state index in [9.17, 15) is 14.7 Å². The number of carbonyl (C=O) groups excluding carboxylic acids is 1. The van der Waals surface area contributed by atoms with Crippen LogP contribution in [0.4, 0.5) is 5.69 Å². The van der Waals surface area contributed by atoms with Gasteiger partial charge in [-0.15, -0.1) is 0 Å². The van der Waals surface area contributed by atoms with Crippen molar-refractivity contribution in [2.75, 3.05) is 19.2 Å². The molecule has 0 aromatic heterocycles. The first-order valence-electron chi connectivity index (χ1n) is 8.33. The summed E-state index contributed by atoms with van der Waals surface area (Å²) in [6, 6.07) is 7.76. The fraction of sp³-hybridized carbons (Fsp3) is 0.150. The van der Waals surface area contributed by atoms with Crippen LogP contribution in [-0.2, 0) is 4.79 Å². The summed E-state index contributed by atoms with van der Waals surface area (Å²) in [5.41, 5.74) is 1.76. The van der Waals surface area contributed by atoms with Gasteiger partial charge in [-0.1, -0.05) is 27.5 Å². The maximum atomic E-state index is 13.0. The molecule has 0 saturated carbocycles. The van der Waals surface area contributed by atoms with Crippen molar-refractivity contribution in [1.29, 1.82) is 0 Å². The highest BCUT2D eigenvalue weighted by Crippen LogP contribution is 2.35. The number of hydrazone groups is 1. The van der Waals surface area contributed by atoms with Gasteiger partial charge in [-0.05, 0) is 48.9 Å². The third kappa shape index (κ3) is 3.99. The van der Waals surface area contributed by atoms with E-state index in [0.717, 1.165) is 5.01 Å². The van der Waals surface area contributed by atoms with Gasteiger partial charge in [0, 0.05) is 4.47 Å². The zero-order valence-corrected chi connectivity index (χ0v) is 18.0. The number of nitrogens with zero attached hydrogens (tertiary/aromatic N) is 2. The normalized spacial score (nSPS) is 14.9. The molecule has 150 valence electrons. The van der Waals surface area contributed by atoms with E-state index in [4.69, 9.17) is 21.1 Å². The van der Waals surface area contributed by atoms with Crippen molar-refractivity contribution in [3.05, 3.63) is 56.5 Å². The fourth-order valence-electron chi connectivity index (χ4n) is 2.80. The first-order chi connectivity index (χ1) is 13.8. The quantitative estimate of drug-likeness (QED) is 0.632. The van der Waals surface area contributed by atoms with Crippen molar-refractivity contribution in [2.45, 2.75) is 6.92 Å². The van der Waals surface area contributed by atoms with Crippen LogP contribution in [0.5, 0.6) is 11.5 Å². The van der Waals surface area contributed by atoms with E-state index in [-0.39, 0.29) is 16.5 Å². The molecule has 9 heteroatoms. The lowest BCUT2D eigenvalue weighted by molar-refractivity contribution is -0.114. The summed E-state index contributed by atoms with van der Waals surface area (Å²) in [4.78, 5) is 24.3. The van der Waals surface area contributed by atoms with Crippen LogP contribution in [0.25, 0.3) is 6.08 Å². The Morgan fingerprint density at radius 3 is 2.48 bits per heavy atom. The Bertz CT molecular complexity index is 1080. The van der Waals surface area contributed by atoms with Crippen molar-refractivity contribution in [3.63, 3.8) is 0 Å². The van der Waals surface area contributed by atoms with Gasteiger partial charge < -0.3 is 14.6 Å². The maximum absolute atomic E-state index is 13.0. The zero-order chi connectivity index (χ0) is 21.3. The molecular weight excluding hydrogens is 464 g/mol. The molecule has 7 nitrogen and oxygen atoms in total. The molecule has 29 heavy (non-hydrogen) atoms. The molecule has 0 aliphatic carbocycles. The Kier molecular flexibility index (Phi) is 5.95. The van der Waals surface area contributed by atoms with Crippen LogP contribution in [-0.4, -0.2) is 36.9 Å².